The van der Waals surface area contributed by atoms with Crippen molar-refractivity contribution in [3.05, 3.63) is 59.7 Å². The summed E-state index contributed by atoms with van der Waals surface area (Å²) in [5, 5.41) is 12.8. The van der Waals surface area contributed by atoms with E-state index in [1.807, 2.05) is 24.3 Å². The molecule has 2 aromatic rings. The average molecular weight is 421 g/mol. The van der Waals surface area contributed by atoms with E-state index in [0.717, 1.165) is 11.1 Å². The van der Waals surface area contributed by atoms with Gasteiger partial charge in [-0.3, -0.25) is 4.79 Å². The van der Waals surface area contributed by atoms with Gasteiger partial charge in [0.25, 0.3) is 0 Å². The molecule has 3 saturated carbocycles. The van der Waals surface area contributed by atoms with Crippen molar-refractivity contribution in [1.29, 1.82) is 0 Å². The van der Waals surface area contributed by atoms with Gasteiger partial charge in [-0.15, -0.1) is 0 Å². The lowest BCUT2D eigenvalue weighted by Crippen LogP contribution is -2.63. The second-order valence-electron chi connectivity index (χ2n) is 9.08. The summed E-state index contributed by atoms with van der Waals surface area (Å²) in [7, 11) is 1.67. The van der Waals surface area contributed by atoms with Crippen LogP contribution in [-0.4, -0.2) is 42.5 Å². The van der Waals surface area contributed by atoms with E-state index in [1.165, 1.54) is 11.1 Å². The van der Waals surface area contributed by atoms with Gasteiger partial charge in [0.2, 0.25) is 0 Å². The summed E-state index contributed by atoms with van der Waals surface area (Å²) < 4.78 is 11.4. The number of benzene rings is 2. The van der Waals surface area contributed by atoms with Gasteiger partial charge >= 0.3 is 12.1 Å². The van der Waals surface area contributed by atoms with Gasteiger partial charge in [-0.2, -0.15) is 0 Å². The Labute approximate surface area is 181 Å². The third-order valence-corrected chi connectivity index (χ3v) is 7.79. The molecule has 1 unspecified atom stereocenters. The lowest BCUT2D eigenvalue weighted by atomic mass is 9.56. The number of ether oxygens (including phenoxy) is 2. The van der Waals surface area contributed by atoms with Crippen molar-refractivity contribution in [1.82, 2.24) is 5.32 Å². The summed E-state index contributed by atoms with van der Waals surface area (Å²) in [5.41, 5.74) is 3.35. The topological polar surface area (TPSA) is 84.9 Å². The maximum absolute atomic E-state index is 12.8. The molecule has 2 bridgehead atoms. The van der Waals surface area contributed by atoms with Crippen LogP contribution in [0.25, 0.3) is 11.1 Å². The van der Waals surface area contributed by atoms with E-state index < -0.39 is 23.5 Å². The average Bonchev–Trinajstić information content (AvgIpc) is 3.12. The first-order valence-corrected chi connectivity index (χ1v) is 10.9. The predicted octanol–water partition coefficient (Wildman–Crippen LogP) is 4.33. The fraction of sp³-hybridized carbons (Fsp3) is 0.440. The lowest BCUT2D eigenvalue weighted by Gasteiger charge is -2.54. The number of rotatable bonds is 5. The highest BCUT2D eigenvalue weighted by Crippen LogP contribution is 2.54. The van der Waals surface area contributed by atoms with E-state index in [0.29, 0.717) is 32.1 Å². The van der Waals surface area contributed by atoms with Gasteiger partial charge < -0.3 is 19.9 Å². The molecule has 0 saturated heterocycles. The standard InChI is InChI=1S/C25H27NO5/c1-30-24-10-12-25(13-11-24,22(27)28)21(14-24)26-23(29)31-15-20-18-8-4-2-6-16(18)17-7-3-5-9-19(17)20/h2-9,20-21H,10-15H2,1H3,(H,26,29)(H,27,28). The minimum absolute atomic E-state index is 0.0280. The van der Waals surface area contributed by atoms with Crippen LogP contribution in [0.4, 0.5) is 4.79 Å². The summed E-state index contributed by atoms with van der Waals surface area (Å²) in [6.45, 7) is 0.210. The first kappa shape index (κ1) is 20.1. The van der Waals surface area contributed by atoms with Crippen molar-refractivity contribution in [2.24, 2.45) is 5.41 Å². The SMILES string of the molecule is COC12CCC(C(=O)O)(CC1)C(NC(=O)OCC1c3ccccc3-c3ccccc31)C2. The summed E-state index contributed by atoms with van der Waals surface area (Å²) >= 11 is 0. The summed E-state index contributed by atoms with van der Waals surface area (Å²) in [6.07, 6.45) is 2.36. The molecule has 0 spiro atoms. The molecular formula is C25H27NO5. The van der Waals surface area contributed by atoms with Gasteiger partial charge in [-0.1, -0.05) is 48.5 Å². The third-order valence-electron chi connectivity index (χ3n) is 7.79. The predicted molar refractivity (Wildman–Crippen MR) is 115 cm³/mol. The zero-order valence-corrected chi connectivity index (χ0v) is 17.6. The Bertz CT molecular complexity index is 979. The fourth-order valence-electron chi connectivity index (χ4n) is 5.89. The molecule has 2 aromatic carbocycles. The van der Waals surface area contributed by atoms with E-state index in [4.69, 9.17) is 9.47 Å². The molecule has 6 heteroatoms. The molecule has 0 heterocycles. The molecular weight excluding hydrogens is 394 g/mol. The minimum atomic E-state index is -0.939. The van der Waals surface area contributed by atoms with Crippen LogP contribution in [0, 0.1) is 5.41 Å². The Morgan fingerprint density at radius 1 is 1.00 bits per heavy atom. The van der Waals surface area contributed by atoms with Crippen LogP contribution in [0.1, 0.15) is 49.1 Å². The van der Waals surface area contributed by atoms with Gasteiger partial charge in [-0.05, 0) is 54.4 Å². The van der Waals surface area contributed by atoms with E-state index >= 15 is 0 Å². The molecule has 1 atom stereocenters. The monoisotopic (exact) mass is 421 g/mol. The van der Waals surface area contributed by atoms with Crippen molar-refractivity contribution in [3.63, 3.8) is 0 Å². The number of nitrogens with one attached hydrogen (secondary N) is 1. The zero-order chi connectivity index (χ0) is 21.6. The van der Waals surface area contributed by atoms with Gasteiger partial charge in [-0.25, -0.2) is 4.79 Å². The van der Waals surface area contributed by atoms with Crippen LogP contribution in [0.5, 0.6) is 0 Å². The second kappa shape index (κ2) is 7.38. The largest absolute Gasteiger partial charge is 0.481 e. The number of methoxy groups -OCH3 is 1. The van der Waals surface area contributed by atoms with Crippen molar-refractivity contribution < 1.29 is 24.2 Å². The first-order valence-electron chi connectivity index (χ1n) is 10.9. The Kier molecular flexibility index (Phi) is 4.77. The van der Waals surface area contributed by atoms with Gasteiger partial charge in [0.1, 0.15) is 6.61 Å². The van der Waals surface area contributed by atoms with E-state index in [9.17, 15) is 14.7 Å². The number of carbonyl (C=O) groups is 2. The van der Waals surface area contributed by atoms with Crippen molar-refractivity contribution in [2.75, 3.05) is 13.7 Å². The number of fused-ring (bicyclic) bond motifs is 6. The van der Waals surface area contributed by atoms with Crippen LogP contribution in [-0.2, 0) is 14.3 Å². The molecule has 4 aliphatic rings. The highest BCUT2D eigenvalue weighted by Gasteiger charge is 2.59. The Morgan fingerprint density at radius 2 is 1.58 bits per heavy atom. The number of aliphatic carboxylic acids is 1. The van der Waals surface area contributed by atoms with Gasteiger partial charge in [0, 0.05) is 13.0 Å². The molecule has 0 aliphatic heterocycles. The maximum Gasteiger partial charge on any atom is 0.407 e. The molecule has 6 rings (SSSR count). The van der Waals surface area contributed by atoms with Crippen LogP contribution >= 0.6 is 0 Å². The number of hydrogen-bond acceptors (Lipinski definition) is 4. The second-order valence-corrected chi connectivity index (χ2v) is 9.08. The Balaban J connectivity index is 1.31. The highest BCUT2D eigenvalue weighted by molar-refractivity contribution is 5.80. The zero-order valence-electron chi connectivity index (χ0n) is 17.6. The molecule has 2 N–H and O–H groups in total. The number of amides is 1. The molecule has 3 fully saturated rings. The summed E-state index contributed by atoms with van der Waals surface area (Å²) in [4.78, 5) is 24.9. The van der Waals surface area contributed by atoms with Crippen LogP contribution in [0.3, 0.4) is 0 Å². The number of alkyl carbamates (subject to hydrolysis) is 1. The molecule has 0 radical (unpaired) electrons. The summed E-state index contributed by atoms with van der Waals surface area (Å²) in [6, 6.07) is 15.9. The lowest BCUT2D eigenvalue weighted by molar-refractivity contribution is -0.174. The van der Waals surface area contributed by atoms with Crippen LogP contribution < -0.4 is 5.32 Å². The minimum Gasteiger partial charge on any atom is -0.481 e. The van der Waals surface area contributed by atoms with E-state index in [-0.39, 0.29) is 18.1 Å². The molecule has 0 aromatic heterocycles. The van der Waals surface area contributed by atoms with Crippen molar-refractivity contribution in [2.45, 2.75) is 49.7 Å². The van der Waals surface area contributed by atoms with E-state index in [1.54, 1.807) is 7.11 Å². The highest BCUT2D eigenvalue weighted by atomic mass is 16.5. The van der Waals surface area contributed by atoms with Crippen LogP contribution in [0.2, 0.25) is 0 Å². The Hall–Kier alpha value is -2.86. The smallest absolute Gasteiger partial charge is 0.407 e. The molecule has 1 amide bonds. The van der Waals surface area contributed by atoms with Crippen molar-refractivity contribution >= 4 is 12.1 Å². The molecule has 162 valence electrons. The van der Waals surface area contributed by atoms with E-state index in [2.05, 4.69) is 29.6 Å². The molecule has 6 nitrogen and oxygen atoms in total. The quantitative estimate of drug-likeness (QED) is 0.751. The fourth-order valence-corrected chi connectivity index (χ4v) is 5.89. The Morgan fingerprint density at radius 3 is 2.13 bits per heavy atom. The maximum atomic E-state index is 12.8. The number of hydrogen-bond donors (Lipinski definition) is 2. The summed E-state index contributed by atoms with van der Waals surface area (Å²) in [5.74, 6) is -0.874. The van der Waals surface area contributed by atoms with Gasteiger partial charge in [0.15, 0.2) is 0 Å². The normalized spacial score (nSPS) is 28.6. The van der Waals surface area contributed by atoms with Crippen molar-refractivity contribution in [3.8, 4) is 11.1 Å². The number of carbonyl (C=O) groups excluding carboxylic acids is 1. The molecule has 31 heavy (non-hydrogen) atoms. The number of carboxylic acids is 1. The molecule has 4 aliphatic carbocycles. The third kappa shape index (κ3) is 3.12. The van der Waals surface area contributed by atoms with Crippen LogP contribution in [0.15, 0.2) is 48.5 Å². The van der Waals surface area contributed by atoms with Gasteiger partial charge in [0.05, 0.1) is 17.1 Å². The number of carboxylic acid groups (broad SMARTS) is 1. The first-order chi connectivity index (χ1) is 15.0.